The number of carboxylic acid groups (broad SMARTS) is 1. The summed E-state index contributed by atoms with van der Waals surface area (Å²) in [5, 5.41) is 9.57. The number of halogens is 4. The molecule has 3 nitrogen and oxygen atoms in total. The lowest BCUT2D eigenvalue weighted by Crippen LogP contribution is -2.33. The molecule has 116 valence electrons. The van der Waals surface area contributed by atoms with Gasteiger partial charge in [0.1, 0.15) is 5.75 Å². The van der Waals surface area contributed by atoms with Crippen LogP contribution >= 0.6 is 15.9 Å². The number of rotatable bonds is 3. The number of carbonyl (C=O) groups is 1. The van der Waals surface area contributed by atoms with E-state index in [4.69, 9.17) is 4.74 Å². The Morgan fingerprint density at radius 3 is 2.33 bits per heavy atom. The van der Waals surface area contributed by atoms with Crippen molar-refractivity contribution >= 4 is 21.9 Å². The molecule has 1 aliphatic carbocycles. The topological polar surface area (TPSA) is 46.5 Å². The number of ether oxygens (including phenoxy) is 1. The maximum atomic E-state index is 13.0. The van der Waals surface area contributed by atoms with Crippen LogP contribution in [-0.4, -0.2) is 18.2 Å². The SMILES string of the molecule is COc1c(Br)cc(C(F)(F)F)cc1C1(C(=O)O)CCCC1. The summed E-state index contributed by atoms with van der Waals surface area (Å²) in [5.74, 6) is -0.947. The molecule has 7 heteroatoms. The summed E-state index contributed by atoms with van der Waals surface area (Å²) in [5.41, 5.74) is -2.09. The highest BCUT2D eigenvalue weighted by Gasteiger charge is 2.46. The van der Waals surface area contributed by atoms with Crippen molar-refractivity contribution in [3.05, 3.63) is 27.7 Å². The average Bonchev–Trinajstić information content (AvgIpc) is 2.87. The molecule has 0 unspecified atom stereocenters. The Labute approximate surface area is 128 Å². The van der Waals surface area contributed by atoms with Crippen LogP contribution < -0.4 is 4.74 Å². The van der Waals surface area contributed by atoms with Gasteiger partial charge in [-0.1, -0.05) is 12.8 Å². The van der Waals surface area contributed by atoms with Gasteiger partial charge < -0.3 is 9.84 Å². The normalized spacial score (nSPS) is 17.8. The Hall–Kier alpha value is -1.24. The van der Waals surface area contributed by atoms with Crippen molar-refractivity contribution in [1.82, 2.24) is 0 Å². The minimum absolute atomic E-state index is 0.0942. The van der Waals surface area contributed by atoms with Crippen LogP contribution in [0.2, 0.25) is 0 Å². The first-order valence-corrected chi connectivity index (χ1v) is 7.20. The summed E-state index contributed by atoms with van der Waals surface area (Å²) in [6.45, 7) is 0. The molecule has 1 aliphatic rings. The van der Waals surface area contributed by atoms with Gasteiger partial charge in [0.15, 0.2) is 0 Å². The molecule has 1 saturated carbocycles. The van der Waals surface area contributed by atoms with Crippen molar-refractivity contribution in [3.63, 3.8) is 0 Å². The molecular formula is C14H14BrF3O3. The molecular weight excluding hydrogens is 353 g/mol. The van der Waals surface area contributed by atoms with Crippen molar-refractivity contribution in [2.75, 3.05) is 7.11 Å². The quantitative estimate of drug-likeness (QED) is 0.863. The molecule has 1 N–H and O–H groups in total. The fraction of sp³-hybridized carbons (Fsp3) is 0.500. The fourth-order valence-corrected chi connectivity index (χ4v) is 3.52. The van der Waals surface area contributed by atoms with Crippen molar-refractivity contribution in [2.24, 2.45) is 0 Å². The highest BCUT2D eigenvalue weighted by molar-refractivity contribution is 9.10. The Bertz CT molecular complexity index is 563. The smallest absolute Gasteiger partial charge is 0.416 e. The molecule has 1 aromatic carbocycles. The molecule has 2 rings (SSSR count). The van der Waals surface area contributed by atoms with Gasteiger partial charge in [-0.3, -0.25) is 4.79 Å². The van der Waals surface area contributed by atoms with Gasteiger partial charge in [-0.25, -0.2) is 0 Å². The highest BCUT2D eigenvalue weighted by Crippen LogP contribution is 2.49. The monoisotopic (exact) mass is 366 g/mol. The summed E-state index contributed by atoms with van der Waals surface area (Å²) in [4.78, 5) is 11.7. The van der Waals surface area contributed by atoms with Crippen LogP contribution in [0.3, 0.4) is 0 Å². The van der Waals surface area contributed by atoms with Gasteiger partial charge in [0.05, 0.1) is 22.6 Å². The van der Waals surface area contributed by atoms with E-state index < -0.39 is 23.1 Å². The Kier molecular flexibility index (Phi) is 4.24. The molecule has 0 heterocycles. The van der Waals surface area contributed by atoms with Crippen LogP contribution in [0, 0.1) is 0 Å². The summed E-state index contributed by atoms with van der Waals surface area (Å²) >= 11 is 3.05. The van der Waals surface area contributed by atoms with E-state index in [1.54, 1.807) is 0 Å². The van der Waals surface area contributed by atoms with Crippen LogP contribution in [-0.2, 0) is 16.4 Å². The molecule has 0 spiro atoms. The van der Waals surface area contributed by atoms with Crippen molar-refractivity contribution in [1.29, 1.82) is 0 Å². The number of carboxylic acids is 1. The second-order valence-electron chi connectivity index (χ2n) is 5.13. The highest BCUT2D eigenvalue weighted by atomic mass is 79.9. The number of benzene rings is 1. The standard InChI is InChI=1S/C14H14BrF3O3/c1-21-11-9(13(12(19)20)4-2-3-5-13)6-8(7-10(11)15)14(16,17)18/h6-7H,2-5H2,1H3,(H,19,20). The molecule has 0 radical (unpaired) electrons. The van der Waals surface area contributed by atoms with E-state index in [0.717, 1.165) is 12.1 Å². The Balaban J connectivity index is 2.71. The van der Waals surface area contributed by atoms with Gasteiger partial charge in [-0.2, -0.15) is 13.2 Å². The van der Waals surface area contributed by atoms with E-state index in [1.165, 1.54) is 7.11 Å². The summed E-state index contributed by atoms with van der Waals surface area (Å²) in [7, 11) is 1.32. The molecule has 0 bridgehead atoms. The first-order chi connectivity index (χ1) is 9.72. The van der Waals surface area contributed by atoms with E-state index >= 15 is 0 Å². The van der Waals surface area contributed by atoms with Crippen LogP contribution in [0.5, 0.6) is 5.75 Å². The van der Waals surface area contributed by atoms with Crippen molar-refractivity contribution in [2.45, 2.75) is 37.3 Å². The maximum absolute atomic E-state index is 13.0. The zero-order valence-corrected chi connectivity index (χ0v) is 12.8. The van der Waals surface area contributed by atoms with E-state index in [9.17, 15) is 23.1 Å². The molecule has 21 heavy (non-hydrogen) atoms. The van der Waals surface area contributed by atoms with E-state index in [1.807, 2.05) is 0 Å². The van der Waals surface area contributed by atoms with E-state index in [-0.39, 0.29) is 15.8 Å². The molecule has 0 aliphatic heterocycles. The molecule has 0 atom stereocenters. The van der Waals surface area contributed by atoms with Gasteiger partial charge in [0, 0.05) is 5.56 Å². The number of methoxy groups -OCH3 is 1. The van der Waals surface area contributed by atoms with Crippen LogP contribution in [0.4, 0.5) is 13.2 Å². The molecule has 0 amide bonds. The predicted molar refractivity (Wildman–Crippen MR) is 73.5 cm³/mol. The first kappa shape index (κ1) is 16.1. The number of hydrogen-bond donors (Lipinski definition) is 1. The first-order valence-electron chi connectivity index (χ1n) is 6.41. The largest absolute Gasteiger partial charge is 0.495 e. The van der Waals surface area contributed by atoms with Gasteiger partial charge in [-0.05, 0) is 40.9 Å². The van der Waals surface area contributed by atoms with Crippen LogP contribution in [0.1, 0.15) is 36.8 Å². The summed E-state index contributed by atoms with van der Waals surface area (Å²) in [6.07, 6.45) is -2.58. The second-order valence-corrected chi connectivity index (χ2v) is 5.99. The average molecular weight is 367 g/mol. The minimum atomic E-state index is -4.54. The molecule has 1 aromatic rings. The third-order valence-electron chi connectivity index (χ3n) is 3.96. The van der Waals surface area contributed by atoms with E-state index in [0.29, 0.717) is 25.7 Å². The lowest BCUT2D eigenvalue weighted by molar-refractivity contribution is -0.144. The molecule has 0 saturated heterocycles. The van der Waals surface area contributed by atoms with Crippen molar-refractivity contribution in [3.8, 4) is 5.75 Å². The minimum Gasteiger partial charge on any atom is -0.495 e. The Morgan fingerprint density at radius 2 is 1.90 bits per heavy atom. The third-order valence-corrected chi connectivity index (χ3v) is 4.55. The Morgan fingerprint density at radius 1 is 1.33 bits per heavy atom. The van der Waals surface area contributed by atoms with Crippen molar-refractivity contribution < 1.29 is 27.8 Å². The lowest BCUT2D eigenvalue weighted by atomic mass is 9.78. The maximum Gasteiger partial charge on any atom is 0.416 e. The zero-order valence-electron chi connectivity index (χ0n) is 11.3. The fourth-order valence-electron chi connectivity index (χ4n) is 2.90. The second kappa shape index (κ2) is 5.51. The van der Waals surface area contributed by atoms with Gasteiger partial charge in [0.25, 0.3) is 0 Å². The number of hydrogen-bond acceptors (Lipinski definition) is 2. The summed E-state index contributed by atoms with van der Waals surface area (Å²) < 4.78 is 44.2. The predicted octanol–water partition coefficient (Wildman–Crippen LogP) is 4.37. The zero-order chi connectivity index (χ0) is 15.8. The van der Waals surface area contributed by atoms with Crippen LogP contribution in [0.15, 0.2) is 16.6 Å². The molecule has 1 fully saturated rings. The van der Waals surface area contributed by atoms with Crippen LogP contribution in [0.25, 0.3) is 0 Å². The summed E-state index contributed by atoms with van der Waals surface area (Å²) in [6, 6.07) is 1.82. The third kappa shape index (κ3) is 2.75. The van der Waals surface area contributed by atoms with Gasteiger partial charge in [-0.15, -0.1) is 0 Å². The molecule has 0 aromatic heterocycles. The van der Waals surface area contributed by atoms with E-state index in [2.05, 4.69) is 15.9 Å². The lowest BCUT2D eigenvalue weighted by Gasteiger charge is -2.28. The number of aliphatic carboxylic acids is 1. The number of alkyl halides is 3. The van der Waals surface area contributed by atoms with Gasteiger partial charge >= 0.3 is 12.1 Å². The van der Waals surface area contributed by atoms with Gasteiger partial charge in [0.2, 0.25) is 0 Å².